The summed E-state index contributed by atoms with van der Waals surface area (Å²) >= 11 is 0. The number of hydrogen-bond donors (Lipinski definition) is 2. The highest BCUT2D eigenvalue weighted by molar-refractivity contribution is 5.79. The van der Waals surface area contributed by atoms with Crippen LogP contribution in [0, 0.1) is 0 Å². The molecule has 0 aromatic heterocycles. The van der Waals surface area contributed by atoms with Crippen LogP contribution in [0.5, 0.6) is 0 Å². The Morgan fingerprint density at radius 1 is 1.44 bits per heavy atom. The first-order valence-electron chi connectivity index (χ1n) is 5.24. The summed E-state index contributed by atoms with van der Waals surface area (Å²) in [4.78, 5) is 11.0. The highest BCUT2D eigenvalue weighted by Gasteiger charge is 2.16. The molecule has 0 radical (unpaired) electrons. The average molecular weight is 222 g/mol. The molecule has 0 aliphatic rings. The SMILES string of the molecule is COC[C@@H](N[C@@H](C)C(N)=O)c1ccccc1. The van der Waals surface area contributed by atoms with Crippen molar-refractivity contribution in [2.75, 3.05) is 13.7 Å². The maximum Gasteiger partial charge on any atom is 0.234 e. The maximum absolute atomic E-state index is 11.0. The zero-order valence-corrected chi connectivity index (χ0v) is 9.64. The van der Waals surface area contributed by atoms with E-state index in [1.807, 2.05) is 30.3 Å². The largest absolute Gasteiger partial charge is 0.383 e. The topological polar surface area (TPSA) is 64.3 Å². The number of ether oxygens (including phenoxy) is 1. The molecule has 0 bridgehead atoms. The lowest BCUT2D eigenvalue weighted by Gasteiger charge is -2.21. The molecule has 88 valence electrons. The van der Waals surface area contributed by atoms with Crippen molar-refractivity contribution < 1.29 is 9.53 Å². The fourth-order valence-electron chi connectivity index (χ4n) is 1.48. The molecule has 4 nitrogen and oxygen atoms in total. The lowest BCUT2D eigenvalue weighted by molar-refractivity contribution is -0.119. The number of benzene rings is 1. The molecular formula is C12H18N2O2. The Morgan fingerprint density at radius 2 is 2.06 bits per heavy atom. The molecule has 1 aromatic rings. The average Bonchev–Trinajstić information content (AvgIpc) is 2.29. The Hall–Kier alpha value is -1.39. The van der Waals surface area contributed by atoms with Crippen molar-refractivity contribution in [1.29, 1.82) is 0 Å². The number of rotatable bonds is 6. The highest BCUT2D eigenvalue weighted by atomic mass is 16.5. The van der Waals surface area contributed by atoms with E-state index in [9.17, 15) is 4.79 Å². The minimum Gasteiger partial charge on any atom is -0.383 e. The summed E-state index contributed by atoms with van der Waals surface area (Å²) in [5, 5.41) is 3.13. The van der Waals surface area contributed by atoms with Crippen molar-refractivity contribution in [2.24, 2.45) is 5.73 Å². The van der Waals surface area contributed by atoms with Crippen molar-refractivity contribution >= 4 is 5.91 Å². The van der Waals surface area contributed by atoms with Crippen molar-refractivity contribution in [3.05, 3.63) is 35.9 Å². The molecule has 3 N–H and O–H groups in total. The molecule has 0 saturated heterocycles. The Labute approximate surface area is 95.8 Å². The number of primary amides is 1. The second kappa shape index (κ2) is 6.25. The molecule has 1 rings (SSSR count). The van der Waals surface area contributed by atoms with Crippen molar-refractivity contribution in [3.8, 4) is 0 Å². The quantitative estimate of drug-likeness (QED) is 0.749. The molecule has 0 aliphatic carbocycles. The van der Waals surface area contributed by atoms with E-state index in [1.54, 1.807) is 14.0 Å². The fraction of sp³-hybridized carbons (Fsp3) is 0.417. The van der Waals surface area contributed by atoms with Gasteiger partial charge in [-0.05, 0) is 12.5 Å². The van der Waals surface area contributed by atoms with Gasteiger partial charge < -0.3 is 10.5 Å². The Morgan fingerprint density at radius 3 is 2.56 bits per heavy atom. The smallest absolute Gasteiger partial charge is 0.234 e. The van der Waals surface area contributed by atoms with Crippen molar-refractivity contribution in [1.82, 2.24) is 5.32 Å². The fourth-order valence-corrected chi connectivity index (χ4v) is 1.48. The summed E-state index contributed by atoms with van der Waals surface area (Å²) in [6.07, 6.45) is 0. The third kappa shape index (κ3) is 3.64. The number of methoxy groups -OCH3 is 1. The van der Waals surface area contributed by atoms with Crippen LogP contribution in [0.1, 0.15) is 18.5 Å². The van der Waals surface area contributed by atoms with Crippen molar-refractivity contribution in [2.45, 2.75) is 19.0 Å². The van der Waals surface area contributed by atoms with E-state index in [1.165, 1.54) is 0 Å². The van der Waals surface area contributed by atoms with Gasteiger partial charge in [-0.1, -0.05) is 30.3 Å². The zero-order chi connectivity index (χ0) is 12.0. The second-order valence-electron chi connectivity index (χ2n) is 3.71. The lowest BCUT2D eigenvalue weighted by atomic mass is 10.1. The third-order valence-corrected chi connectivity index (χ3v) is 2.41. The van der Waals surface area contributed by atoms with E-state index in [4.69, 9.17) is 10.5 Å². The summed E-state index contributed by atoms with van der Waals surface area (Å²) in [5.74, 6) is -0.364. The van der Waals surface area contributed by atoms with E-state index in [-0.39, 0.29) is 18.0 Å². The first-order chi connectivity index (χ1) is 7.65. The van der Waals surface area contributed by atoms with Gasteiger partial charge in [0.05, 0.1) is 18.7 Å². The van der Waals surface area contributed by atoms with Crippen LogP contribution in [-0.2, 0) is 9.53 Å². The molecule has 0 heterocycles. The number of amides is 1. The van der Waals surface area contributed by atoms with Gasteiger partial charge in [0, 0.05) is 7.11 Å². The van der Waals surface area contributed by atoms with E-state index in [0.717, 1.165) is 5.56 Å². The predicted molar refractivity (Wildman–Crippen MR) is 62.9 cm³/mol. The Kier molecular flexibility index (Phi) is 4.95. The van der Waals surface area contributed by atoms with Gasteiger partial charge in [0.1, 0.15) is 0 Å². The molecule has 2 atom stereocenters. The van der Waals surface area contributed by atoms with E-state index in [0.29, 0.717) is 6.61 Å². The standard InChI is InChI=1S/C12H18N2O2/c1-9(12(13)15)14-11(8-16-2)10-6-4-3-5-7-10/h3-7,9,11,14H,8H2,1-2H3,(H2,13,15)/t9-,11+/m0/s1. The zero-order valence-electron chi connectivity index (χ0n) is 9.64. The van der Waals surface area contributed by atoms with Gasteiger partial charge >= 0.3 is 0 Å². The van der Waals surface area contributed by atoms with Crippen molar-refractivity contribution in [3.63, 3.8) is 0 Å². The Balaban J connectivity index is 2.72. The molecule has 1 amide bonds. The van der Waals surface area contributed by atoms with Gasteiger partial charge in [-0.3, -0.25) is 10.1 Å². The Bertz CT molecular complexity index is 327. The van der Waals surface area contributed by atoms with Crippen LogP contribution in [0.25, 0.3) is 0 Å². The van der Waals surface area contributed by atoms with Crippen LogP contribution in [0.4, 0.5) is 0 Å². The van der Waals surface area contributed by atoms with E-state index >= 15 is 0 Å². The number of nitrogens with one attached hydrogen (secondary N) is 1. The van der Waals surface area contributed by atoms with Gasteiger partial charge in [0.15, 0.2) is 0 Å². The maximum atomic E-state index is 11.0. The summed E-state index contributed by atoms with van der Waals surface area (Å²) in [5.41, 5.74) is 6.30. The minimum atomic E-state index is -0.375. The number of hydrogen-bond acceptors (Lipinski definition) is 3. The van der Waals surface area contributed by atoms with Crippen LogP contribution < -0.4 is 11.1 Å². The molecule has 1 aromatic carbocycles. The molecule has 0 saturated carbocycles. The molecule has 0 spiro atoms. The van der Waals surface area contributed by atoms with E-state index in [2.05, 4.69) is 5.32 Å². The van der Waals surface area contributed by atoms with Gasteiger partial charge in [-0.25, -0.2) is 0 Å². The van der Waals surface area contributed by atoms with Crippen LogP contribution in [0.3, 0.4) is 0 Å². The summed E-state index contributed by atoms with van der Waals surface area (Å²) < 4.78 is 5.12. The number of carbonyl (C=O) groups excluding carboxylic acids is 1. The number of nitrogens with two attached hydrogens (primary N) is 1. The van der Waals surface area contributed by atoms with E-state index < -0.39 is 0 Å². The number of carbonyl (C=O) groups is 1. The molecular weight excluding hydrogens is 204 g/mol. The first kappa shape index (κ1) is 12.7. The van der Waals surface area contributed by atoms with Crippen LogP contribution in [0.15, 0.2) is 30.3 Å². The minimum absolute atomic E-state index is 0.0197. The summed E-state index contributed by atoms with van der Waals surface area (Å²) in [7, 11) is 1.63. The normalized spacial score (nSPS) is 14.4. The highest BCUT2D eigenvalue weighted by Crippen LogP contribution is 2.13. The lowest BCUT2D eigenvalue weighted by Crippen LogP contribution is -2.42. The second-order valence-corrected chi connectivity index (χ2v) is 3.71. The van der Waals surface area contributed by atoms with Crippen LogP contribution in [0.2, 0.25) is 0 Å². The van der Waals surface area contributed by atoms with Gasteiger partial charge in [-0.15, -0.1) is 0 Å². The third-order valence-electron chi connectivity index (χ3n) is 2.41. The first-order valence-corrected chi connectivity index (χ1v) is 5.24. The summed E-state index contributed by atoms with van der Waals surface area (Å²) in [6, 6.07) is 9.44. The van der Waals surface area contributed by atoms with Crippen LogP contribution in [-0.4, -0.2) is 25.7 Å². The molecule has 4 heteroatoms. The summed E-state index contributed by atoms with van der Waals surface area (Å²) in [6.45, 7) is 2.25. The van der Waals surface area contributed by atoms with Gasteiger partial charge in [-0.2, -0.15) is 0 Å². The van der Waals surface area contributed by atoms with Gasteiger partial charge in [0.25, 0.3) is 0 Å². The van der Waals surface area contributed by atoms with Crippen LogP contribution >= 0.6 is 0 Å². The van der Waals surface area contributed by atoms with Gasteiger partial charge in [0.2, 0.25) is 5.91 Å². The molecule has 16 heavy (non-hydrogen) atoms. The molecule has 0 fully saturated rings. The molecule has 0 unspecified atom stereocenters. The predicted octanol–water partition coefficient (Wildman–Crippen LogP) is 0.838. The monoisotopic (exact) mass is 222 g/mol. The molecule has 0 aliphatic heterocycles.